The summed E-state index contributed by atoms with van der Waals surface area (Å²) in [5.41, 5.74) is 0. The highest BCUT2D eigenvalue weighted by atomic mass is 79.9. The summed E-state index contributed by atoms with van der Waals surface area (Å²) in [6, 6.07) is 5.26. The third-order valence-corrected chi connectivity index (χ3v) is 4.03. The van der Waals surface area contributed by atoms with Gasteiger partial charge < -0.3 is 9.84 Å². The van der Waals surface area contributed by atoms with Crippen LogP contribution in [-0.2, 0) is 11.3 Å². The molecular weight excluding hydrogens is 384 g/mol. The molecule has 0 aliphatic carbocycles. The molecule has 0 unspecified atom stereocenters. The van der Waals surface area contributed by atoms with E-state index in [1.54, 1.807) is 18.2 Å². The first-order chi connectivity index (χ1) is 10.1. The zero-order chi connectivity index (χ0) is 15.2. The second-order valence-electron chi connectivity index (χ2n) is 3.78. The predicted octanol–water partition coefficient (Wildman–Crippen LogP) is 2.34. The number of rotatable bonds is 7. The van der Waals surface area contributed by atoms with Crippen molar-refractivity contribution in [2.24, 2.45) is 0 Å². The number of benzene rings is 1. The van der Waals surface area contributed by atoms with Crippen LogP contribution in [-0.4, -0.2) is 43.6 Å². The van der Waals surface area contributed by atoms with E-state index in [2.05, 4.69) is 31.5 Å². The Bertz CT molecular complexity index is 640. The van der Waals surface area contributed by atoms with Crippen LogP contribution in [0.15, 0.2) is 27.8 Å². The third-order valence-electron chi connectivity index (χ3n) is 2.25. The van der Waals surface area contributed by atoms with Gasteiger partial charge in [-0.05, 0) is 44.6 Å². The molecule has 0 spiro atoms. The lowest BCUT2D eigenvalue weighted by atomic mass is 10.3. The van der Waals surface area contributed by atoms with E-state index in [-0.39, 0.29) is 6.54 Å². The number of tetrazole rings is 1. The summed E-state index contributed by atoms with van der Waals surface area (Å²) in [6.07, 6.45) is 0. The maximum absolute atomic E-state index is 10.6. The molecule has 0 fully saturated rings. The van der Waals surface area contributed by atoms with Gasteiger partial charge in [-0.25, -0.2) is 4.68 Å². The molecular formula is C11H10BrClN4O3S. The summed E-state index contributed by atoms with van der Waals surface area (Å²) in [6.45, 7) is 0.157. The molecule has 7 nitrogen and oxygen atoms in total. The summed E-state index contributed by atoms with van der Waals surface area (Å²) in [5, 5.41) is 20.6. The van der Waals surface area contributed by atoms with Crippen LogP contribution in [0.1, 0.15) is 0 Å². The molecule has 0 radical (unpaired) electrons. The number of aromatic nitrogens is 4. The zero-order valence-corrected chi connectivity index (χ0v) is 13.7. The average molecular weight is 394 g/mol. The smallest absolute Gasteiger partial charge is 0.325 e. The fraction of sp³-hybridized carbons (Fsp3) is 0.273. The van der Waals surface area contributed by atoms with Crippen molar-refractivity contribution in [2.45, 2.75) is 11.7 Å². The van der Waals surface area contributed by atoms with Crippen molar-refractivity contribution in [1.82, 2.24) is 20.2 Å². The Hall–Kier alpha value is -1.32. The Kier molecular flexibility index (Phi) is 5.83. The van der Waals surface area contributed by atoms with Gasteiger partial charge in [-0.3, -0.25) is 4.79 Å². The minimum atomic E-state index is -0.995. The maximum atomic E-state index is 10.6. The maximum Gasteiger partial charge on any atom is 0.325 e. The number of thioether (sulfide) groups is 1. The Morgan fingerprint density at radius 2 is 2.33 bits per heavy atom. The molecule has 0 saturated heterocycles. The van der Waals surface area contributed by atoms with E-state index in [0.29, 0.717) is 28.3 Å². The van der Waals surface area contributed by atoms with E-state index in [1.807, 2.05) is 0 Å². The topological polar surface area (TPSA) is 90.1 Å². The third kappa shape index (κ3) is 4.87. The summed E-state index contributed by atoms with van der Waals surface area (Å²) in [4.78, 5) is 10.6. The lowest BCUT2D eigenvalue weighted by Gasteiger charge is -2.08. The number of hydrogen-bond acceptors (Lipinski definition) is 6. The van der Waals surface area contributed by atoms with Crippen molar-refractivity contribution in [2.75, 3.05) is 12.4 Å². The van der Waals surface area contributed by atoms with E-state index >= 15 is 0 Å². The number of carboxylic acid groups (broad SMARTS) is 1. The Morgan fingerprint density at radius 1 is 1.52 bits per heavy atom. The number of carboxylic acids is 1. The fourth-order valence-corrected chi connectivity index (χ4v) is 2.89. The molecule has 0 amide bonds. The van der Waals surface area contributed by atoms with Gasteiger partial charge in [-0.2, -0.15) is 0 Å². The van der Waals surface area contributed by atoms with Crippen LogP contribution in [0.2, 0.25) is 5.02 Å². The summed E-state index contributed by atoms with van der Waals surface area (Å²) in [7, 11) is 0. The van der Waals surface area contributed by atoms with Gasteiger partial charge in [0.05, 0.1) is 11.1 Å². The van der Waals surface area contributed by atoms with Crippen molar-refractivity contribution in [3.05, 3.63) is 27.7 Å². The highest BCUT2D eigenvalue weighted by Crippen LogP contribution is 2.28. The van der Waals surface area contributed by atoms with E-state index in [1.165, 1.54) is 16.4 Å². The normalized spacial score (nSPS) is 10.6. The van der Waals surface area contributed by atoms with Gasteiger partial charge in [-0.15, -0.1) is 5.10 Å². The van der Waals surface area contributed by atoms with Crippen molar-refractivity contribution in [3.8, 4) is 5.75 Å². The van der Waals surface area contributed by atoms with Crippen LogP contribution in [0, 0.1) is 0 Å². The largest absolute Gasteiger partial charge is 0.492 e. The molecule has 1 aromatic heterocycles. The van der Waals surface area contributed by atoms with Crippen LogP contribution in [0.25, 0.3) is 0 Å². The van der Waals surface area contributed by atoms with Crippen molar-refractivity contribution in [3.63, 3.8) is 0 Å². The quantitative estimate of drug-likeness (QED) is 0.570. The fourth-order valence-electron chi connectivity index (χ4n) is 1.40. The number of hydrogen-bond donors (Lipinski definition) is 1. The summed E-state index contributed by atoms with van der Waals surface area (Å²) in [5.74, 6) is 0.269. The first-order valence-electron chi connectivity index (χ1n) is 5.75. The van der Waals surface area contributed by atoms with Gasteiger partial charge in [0.2, 0.25) is 5.16 Å². The molecule has 21 heavy (non-hydrogen) atoms. The lowest BCUT2D eigenvalue weighted by molar-refractivity contribution is -0.138. The minimum absolute atomic E-state index is 0.265. The Morgan fingerprint density at radius 3 is 3.05 bits per heavy atom. The van der Waals surface area contributed by atoms with E-state index in [9.17, 15) is 4.79 Å². The second kappa shape index (κ2) is 7.62. The molecule has 1 N–H and O–H groups in total. The lowest BCUT2D eigenvalue weighted by Crippen LogP contribution is -2.12. The van der Waals surface area contributed by atoms with Crippen LogP contribution in [0.4, 0.5) is 0 Å². The number of aliphatic carboxylic acids is 1. The van der Waals surface area contributed by atoms with Gasteiger partial charge in [0.25, 0.3) is 0 Å². The van der Waals surface area contributed by atoms with Crippen LogP contribution in [0.3, 0.4) is 0 Å². The van der Waals surface area contributed by atoms with Crippen LogP contribution < -0.4 is 4.74 Å². The first kappa shape index (κ1) is 16.1. The van der Waals surface area contributed by atoms with Gasteiger partial charge in [0.15, 0.2) is 0 Å². The number of ether oxygens (including phenoxy) is 1. The van der Waals surface area contributed by atoms with Crippen LogP contribution >= 0.6 is 39.3 Å². The van der Waals surface area contributed by atoms with E-state index in [0.717, 1.165) is 4.47 Å². The molecule has 0 atom stereocenters. The van der Waals surface area contributed by atoms with Gasteiger partial charge in [0, 0.05) is 10.8 Å². The van der Waals surface area contributed by atoms with Crippen molar-refractivity contribution < 1.29 is 14.6 Å². The van der Waals surface area contributed by atoms with E-state index in [4.69, 9.17) is 21.4 Å². The molecule has 0 aliphatic rings. The molecule has 0 bridgehead atoms. The van der Waals surface area contributed by atoms with Crippen molar-refractivity contribution in [1.29, 1.82) is 0 Å². The molecule has 0 aliphatic heterocycles. The van der Waals surface area contributed by atoms with Gasteiger partial charge in [0.1, 0.15) is 12.3 Å². The second-order valence-corrected chi connectivity index (χ2v) is 6.14. The predicted molar refractivity (Wildman–Crippen MR) is 80.8 cm³/mol. The average Bonchev–Trinajstić information content (AvgIpc) is 2.83. The molecule has 0 saturated carbocycles. The number of halogens is 2. The van der Waals surface area contributed by atoms with Gasteiger partial charge >= 0.3 is 5.97 Å². The highest BCUT2D eigenvalue weighted by Gasteiger charge is 2.10. The van der Waals surface area contributed by atoms with Gasteiger partial charge in [-0.1, -0.05) is 23.4 Å². The van der Waals surface area contributed by atoms with Crippen molar-refractivity contribution >= 4 is 45.3 Å². The molecule has 1 heterocycles. The highest BCUT2D eigenvalue weighted by molar-refractivity contribution is 9.10. The minimum Gasteiger partial charge on any atom is -0.492 e. The summed E-state index contributed by atoms with van der Waals surface area (Å²) >= 11 is 10.5. The molecule has 1 aromatic carbocycles. The number of nitrogens with zero attached hydrogens (tertiary/aromatic N) is 4. The standard InChI is InChI=1S/C11H10BrClN4O3S/c12-8-5-7(13)1-2-9(8)20-3-4-21-11-14-15-16-17(11)6-10(18)19/h1-2,5H,3-4,6H2,(H,18,19). The monoisotopic (exact) mass is 392 g/mol. The Balaban J connectivity index is 1.82. The molecule has 2 aromatic rings. The zero-order valence-electron chi connectivity index (χ0n) is 10.6. The first-order valence-corrected chi connectivity index (χ1v) is 7.90. The van der Waals surface area contributed by atoms with E-state index < -0.39 is 5.97 Å². The molecule has 10 heteroatoms. The SMILES string of the molecule is O=C(O)Cn1nnnc1SCCOc1ccc(Cl)cc1Br. The Labute approximate surface area is 137 Å². The molecule has 112 valence electrons. The van der Waals surface area contributed by atoms with Crippen LogP contribution in [0.5, 0.6) is 5.75 Å². The molecule has 2 rings (SSSR count). The summed E-state index contributed by atoms with van der Waals surface area (Å²) < 4.78 is 7.59. The number of carbonyl (C=O) groups is 1.